The van der Waals surface area contributed by atoms with Crippen LogP contribution in [0.4, 0.5) is 0 Å². The average Bonchev–Trinajstić information content (AvgIpc) is 3.13. The fourth-order valence-electron chi connectivity index (χ4n) is 2.12. The third-order valence-corrected chi connectivity index (χ3v) is 4.13. The number of amides is 1. The van der Waals surface area contributed by atoms with Crippen molar-refractivity contribution in [3.05, 3.63) is 88.1 Å². The highest BCUT2D eigenvalue weighted by molar-refractivity contribution is 7.07. The molecule has 1 aromatic heterocycles. The predicted molar refractivity (Wildman–Crippen MR) is 92.7 cm³/mol. The molecule has 0 aliphatic heterocycles. The maximum atomic E-state index is 12.1. The minimum Gasteiger partial charge on any atom is -0.489 e. The average molecular weight is 323 g/mol. The Morgan fingerprint density at radius 3 is 2.43 bits per heavy atom. The Balaban J connectivity index is 1.53. The van der Waals surface area contributed by atoms with Gasteiger partial charge in [0.25, 0.3) is 5.91 Å². The first-order valence-corrected chi connectivity index (χ1v) is 8.31. The molecule has 0 aliphatic rings. The van der Waals surface area contributed by atoms with Crippen molar-refractivity contribution >= 4 is 17.2 Å². The molecule has 3 aromatic rings. The van der Waals surface area contributed by atoms with Crippen LogP contribution in [0.2, 0.25) is 0 Å². The Bertz CT molecular complexity index is 737. The molecule has 0 unspecified atom stereocenters. The summed E-state index contributed by atoms with van der Waals surface area (Å²) < 4.78 is 5.72. The normalized spacial score (nSPS) is 10.3. The lowest BCUT2D eigenvalue weighted by atomic mass is 10.2. The molecule has 0 bridgehead atoms. The third-order valence-electron chi connectivity index (χ3n) is 3.40. The zero-order chi connectivity index (χ0) is 15.9. The fourth-order valence-corrected chi connectivity index (χ4v) is 2.79. The molecule has 3 rings (SSSR count). The Morgan fingerprint density at radius 1 is 0.957 bits per heavy atom. The molecule has 23 heavy (non-hydrogen) atoms. The van der Waals surface area contributed by atoms with Crippen LogP contribution in [-0.4, -0.2) is 5.91 Å². The first kappa shape index (κ1) is 15.3. The zero-order valence-corrected chi connectivity index (χ0v) is 13.4. The van der Waals surface area contributed by atoms with Gasteiger partial charge in [-0.25, -0.2) is 0 Å². The van der Waals surface area contributed by atoms with Crippen molar-refractivity contribution in [1.82, 2.24) is 5.32 Å². The molecule has 116 valence electrons. The summed E-state index contributed by atoms with van der Waals surface area (Å²) in [6.45, 7) is 1.07. The maximum Gasteiger partial charge on any atom is 0.251 e. The van der Waals surface area contributed by atoms with E-state index in [9.17, 15) is 4.79 Å². The molecule has 0 fully saturated rings. The van der Waals surface area contributed by atoms with Crippen LogP contribution in [0.5, 0.6) is 5.75 Å². The SMILES string of the molecule is O=C(NCc1ccsc1)c1ccc(OCc2ccccc2)cc1. The van der Waals surface area contributed by atoms with Gasteiger partial charge in [-0.1, -0.05) is 30.3 Å². The monoisotopic (exact) mass is 323 g/mol. The van der Waals surface area contributed by atoms with E-state index in [-0.39, 0.29) is 5.91 Å². The predicted octanol–water partition coefficient (Wildman–Crippen LogP) is 4.26. The molecule has 0 radical (unpaired) electrons. The fraction of sp³-hybridized carbons (Fsp3) is 0.105. The molecule has 2 aromatic carbocycles. The second kappa shape index (κ2) is 7.61. The molecular weight excluding hydrogens is 306 g/mol. The molecule has 0 saturated carbocycles. The number of rotatable bonds is 6. The topological polar surface area (TPSA) is 38.3 Å². The van der Waals surface area contributed by atoms with Crippen LogP contribution in [0.1, 0.15) is 21.5 Å². The molecular formula is C19H17NO2S. The zero-order valence-electron chi connectivity index (χ0n) is 12.6. The van der Waals surface area contributed by atoms with Crippen LogP contribution in [0.25, 0.3) is 0 Å². The minimum atomic E-state index is -0.0780. The van der Waals surface area contributed by atoms with Gasteiger partial charge in [-0.05, 0) is 52.2 Å². The van der Waals surface area contributed by atoms with E-state index in [1.54, 1.807) is 23.5 Å². The van der Waals surface area contributed by atoms with Gasteiger partial charge < -0.3 is 10.1 Å². The van der Waals surface area contributed by atoms with Crippen LogP contribution in [0, 0.1) is 0 Å². The number of hydrogen-bond acceptors (Lipinski definition) is 3. The van der Waals surface area contributed by atoms with E-state index >= 15 is 0 Å². The molecule has 0 spiro atoms. The van der Waals surface area contributed by atoms with E-state index < -0.39 is 0 Å². The summed E-state index contributed by atoms with van der Waals surface area (Å²) in [6.07, 6.45) is 0. The van der Waals surface area contributed by atoms with Gasteiger partial charge in [-0.3, -0.25) is 4.79 Å². The molecule has 1 heterocycles. The number of ether oxygens (including phenoxy) is 1. The molecule has 0 saturated heterocycles. The summed E-state index contributed by atoms with van der Waals surface area (Å²) in [6, 6.07) is 19.2. The number of hydrogen-bond donors (Lipinski definition) is 1. The van der Waals surface area contributed by atoms with Crippen molar-refractivity contribution in [1.29, 1.82) is 0 Å². The van der Waals surface area contributed by atoms with E-state index in [0.717, 1.165) is 16.9 Å². The van der Waals surface area contributed by atoms with Crippen molar-refractivity contribution in [2.75, 3.05) is 0 Å². The van der Waals surface area contributed by atoms with E-state index in [2.05, 4.69) is 5.32 Å². The van der Waals surface area contributed by atoms with E-state index in [4.69, 9.17) is 4.74 Å². The number of carbonyl (C=O) groups is 1. The molecule has 0 aliphatic carbocycles. The standard InChI is InChI=1S/C19H17NO2S/c21-19(20-12-16-10-11-23-14-16)17-6-8-18(9-7-17)22-13-15-4-2-1-3-5-15/h1-11,14H,12-13H2,(H,20,21). The molecule has 3 nitrogen and oxygen atoms in total. The minimum absolute atomic E-state index is 0.0780. The number of thiophene rings is 1. The van der Waals surface area contributed by atoms with Crippen molar-refractivity contribution in [2.24, 2.45) is 0 Å². The summed E-state index contributed by atoms with van der Waals surface area (Å²) in [5, 5.41) is 6.93. The van der Waals surface area contributed by atoms with Crippen LogP contribution in [-0.2, 0) is 13.2 Å². The molecule has 4 heteroatoms. The number of benzene rings is 2. The van der Waals surface area contributed by atoms with Gasteiger partial charge in [0.1, 0.15) is 12.4 Å². The summed E-state index contributed by atoms with van der Waals surface area (Å²) in [7, 11) is 0. The largest absolute Gasteiger partial charge is 0.489 e. The lowest BCUT2D eigenvalue weighted by molar-refractivity contribution is 0.0951. The Labute approximate surface area is 139 Å². The van der Waals surface area contributed by atoms with Crippen molar-refractivity contribution in [2.45, 2.75) is 13.2 Å². The van der Waals surface area contributed by atoms with Gasteiger partial charge >= 0.3 is 0 Å². The summed E-state index contributed by atoms with van der Waals surface area (Å²) >= 11 is 1.62. The highest BCUT2D eigenvalue weighted by atomic mass is 32.1. The summed E-state index contributed by atoms with van der Waals surface area (Å²) in [5.41, 5.74) is 2.86. The van der Waals surface area contributed by atoms with Crippen LogP contribution < -0.4 is 10.1 Å². The Morgan fingerprint density at radius 2 is 1.74 bits per heavy atom. The smallest absolute Gasteiger partial charge is 0.251 e. The number of carbonyl (C=O) groups excluding carboxylic acids is 1. The highest BCUT2D eigenvalue weighted by Crippen LogP contribution is 2.14. The van der Waals surface area contributed by atoms with E-state index in [1.165, 1.54) is 0 Å². The van der Waals surface area contributed by atoms with Gasteiger partial charge in [0.15, 0.2) is 0 Å². The van der Waals surface area contributed by atoms with Crippen LogP contribution >= 0.6 is 11.3 Å². The first-order valence-electron chi connectivity index (χ1n) is 7.37. The van der Waals surface area contributed by atoms with Gasteiger partial charge in [-0.2, -0.15) is 11.3 Å². The maximum absolute atomic E-state index is 12.1. The second-order valence-corrected chi connectivity index (χ2v) is 5.89. The molecule has 0 atom stereocenters. The van der Waals surface area contributed by atoms with Gasteiger partial charge in [0.2, 0.25) is 0 Å². The van der Waals surface area contributed by atoms with E-state index in [1.807, 2.05) is 59.3 Å². The summed E-state index contributed by atoms with van der Waals surface area (Å²) in [4.78, 5) is 12.1. The highest BCUT2D eigenvalue weighted by Gasteiger charge is 2.05. The van der Waals surface area contributed by atoms with Crippen molar-refractivity contribution in [3.63, 3.8) is 0 Å². The van der Waals surface area contributed by atoms with Gasteiger partial charge in [-0.15, -0.1) is 0 Å². The van der Waals surface area contributed by atoms with Crippen LogP contribution in [0.15, 0.2) is 71.4 Å². The Hall–Kier alpha value is -2.59. The lowest BCUT2D eigenvalue weighted by Crippen LogP contribution is -2.22. The van der Waals surface area contributed by atoms with Crippen molar-refractivity contribution in [3.8, 4) is 5.75 Å². The molecule has 1 amide bonds. The third kappa shape index (κ3) is 4.44. The first-order chi connectivity index (χ1) is 11.3. The van der Waals surface area contributed by atoms with E-state index in [0.29, 0.717) is 18.7 Å². The quantitative estimate of drug-likeness (QED) is 0.736. The Kier molecular flexibility index (Phi) is 5.06. The van der Waals surface area contributed by atoms with Gasteiger partial charge in [0.05, 0.1) is 0 Å². The molecule has 1 N–H and O–H groups in total. The number of nitrogens with one attached hydrogen (secondary N) is 1. The van der Waals surface area contributed by atoms with Crippen molar-refractivity contribution < 1.29 is 9.53 Å². The van der Waals surface area contributed by atoms with Gasteiger partial charge in [0, 0.05) is 12.1 Å². The summed E-state index contributed by atoms with van der Waals surface area (Å²) in [5.74, 6) is 0.675. The lowest BCUT2D eigenvalue weighted by Gasteiger charge is -2.08. The van der Waals surface area contributed by atoms with Crippen LogP contribution in [0.3, 0.4) is 0 Å². The second-order valence-electron chi connectivity index (χ2n) is 5.11.